The Morgan fingerprint density at radius 2 is 2.13 bits per heavy atom. The van der Waals surface area contributed by atoms with Gasteiger partial charge < -0.3 is 5.32 Å². The van der Waals surface area contributed by atoms with E-state index in [9.17, 15) is 0 Å². The van der Waals surface area contributed by atoms with Gasteiger partial charge in [0.1, 0.15) is 0 Å². The van der Waals surface area contributed by atoms with Crippen LogP contribution in [-0.2, 0) is 0 Å². The largest absolute Gasteiger partial charge is 0.319 e. The zero-order valence-corrected chi connectivity index (χ0v) is 10.3. The van der Waals surface area contributed by atoms with E-state index in [0.717, 1.165) is 17.9 Å². The molecule has 1 N–H and O–H groups in total. The van der Waals surface area contributed by atoms with E-state index in [1.165, 1.54) is 51.7 Å². The monoisotopic (exact) mass is 210 g/mol. The van der Waals surface area contributed by atoms with Gasteiger partial charge in [0.15, 0.2) is 0 Å². The number of hydrogen-bond donors (Lipinski definition) is 1. The number of nitrogens with one attached hydrogen (secondary N) is 1. The molecule has 1 saturated heterocycles. The molecule has 0 aromatic heterocycles. The molecule has 2 unspecified atom stereocenters. The zero-order valence-electron chi connectivity index (χ0n) is 10.3. The number of rotatable bonds is 5. The lowest BCUT2D eigenvalue weighted by Crippen LogP contribution is -2.45. The lowest BCUT2D eigenvalue weighted by molar-refractivity contribution is 0.107. The average molecular weight is 210 g/mol. The number of nitrogens with zero attached hydrogens (tertiary/aromatic N) is 1. The van der Waals surface area contributed by atoms with Gasteiger partial charge >= 0.3 is 0 Å². The summed E-state index contributed by atoms with van der Waals surface area (Å²) in [7, 11) is 2.08. The van der Waals surface area contributed by atoms with Crippen LogP contribution < -0.4 is 5.32 Å². The first-order chi connectivity index (χ1) is 7.35. The average Bonchev–Trinajstić information content (AvgIpc) is 3.04. The molecule has 2 rings (SSSR count). The Bertz CT molecular complexity index is 187. The van der Waals surface area contributed by atoms with Gasteiger partial charge in [-0.05, 0) is 64.1 Å². The highest BCUT2D eigenvalue weighted by Gasteiger charge is 2.35. The third-order valence-electron chi connectivity index (χ3n) is 4.10. The molecule has 1 heterocycles. The van der Waals surface area contributed by atoms with Crippen LogP contribution in [0.15, 0.2) is 0 Å². The molecule has 2 atom stereocenters. The highest BCUT2D eigenvalue weighted by Crippen LogP contribution is 2.38. The summed E-state index contributed by atoms with van der Waals surface area (Å²) in [5.41, 5.74) is 0. The van der Waals surface area contributed by atoms with Crippen LogP contribution in [0.5, 0.6) is 0 Å². The summed E-state index contributed by atoms with van der Waals surface area (Å²) in [5.74, 6) is 1.94. The van der Waals surface area contributed by atoms with Crippen molar-refractivity contribution >= 4 is 0 Å². The summed E-state index contributed by atoms with van der Waals surface area (Å²) >= 11 is 0. The number of hydrogen-bond acceptors (Lipinski definition) is 2. The second-order valence-electron chi connectivity index (χ2n) is 5.37. The van der Waals surface area contributed by atoms with Gasteiger partial charge in [-0.1, -0.05) is 6.92 Å². The van der Waals surface area contributed by atoms with Gasteiger partial charge in [-0.25, -0.2) is 0 Å². The van der Waals surface area contributed by atoms with Gasteiger partial charge in [0.25, 0.3) is 0 Å². The molecule has 2 aliphatic rings. The lowest BCUT2D eigenvalue weighted by Gasteiger charge is -2.38. The van der Waals surface area contributed by atoms with Crippen LogP contribution in [0.25, 0.3) is 0 Å². The van der Waals surface area contributed by atoms with Gasteiger partial charge in [0.2, 0.25) is 0 Å². The predicted octanol–water partition coefficient (Wildman–Crippen LogP) is 2.11. The maximum Gasteiger partial charge on any atom is 0.0121 e. The van der Waals surface area contributed by atoms with Crippen LogP contribution >= 0.6 is 0 Å². The Labute approximate surface area is 94.4 Å². The van der Waals surface area contributed by atoms with Crippen molar-refractivity contribution in [1.29, 1.82) is 0 Å². The molecule has 1 aliphatic carbocycles. The Hall–Kier alpha value is -0.0800. The Balaban J connectivity index is 1.84. The third-order valence-corrected chi connectivity index (χ3v) is 4.10. The Kier molecular flexibility index (Phi) is 4.04. The van der Waals surface area contributed by atoms with E-state index in [1.807, 2.05) is 0 Å². The summed E-state index contributed by atoms with van der Waals surface area (Å²) in [6.45, 7) is 6.27. The van der Waals surface area contributed by atoms with E-state index < -0.39 is 0 Å². The molecule has 0 radical (unpaired) electrons. The van der Waals surface area contributed by atoms with Crippen LogP contribution in [0.3, 0.4) is 0 Å². The maximum atomic E-state index is 3.33. The van der Waals surface area contributed by atoms with Crippen LogP contribution in [0.2, 0.25) is 0 Å². The van der Waals surface area contributed by atoms with Crippen molar-refractivity contribution in [2.75, 3.05) is 26.7 Å². The second-order valence-corrected chi connectivity index (χ2v) is 5.37. The SMILES string of the molecule is CCC(C1CC1)N1CCCC(CNC)C1. The first-order valence-electron chi connectivity index (χ1n) is 6.73. The van der Waals surface area contributed by atoms with Crippen molar-refractivity contribution in [3.63, 3.8) is 0 Å². The number of likely N-dealkylation sites (tertiary alicyclic amines) is 1. The van der Waals surface area contributed by atoms with Crippen molar-refractivity contribution in [3.05, 3.63) is 0 Å². The van der Waals surface area contributed by atoms with Gasteiger partial charge in [0.05, 0.1) is 0 Å². The highest BCUT2D eigenvalue weighted by molar-refractivity contribution is 4.89. The van der Waals surface area contributed by atoms with Gasteiger partial charge in [0, 0.05) is 12.6 Å². The van der Waals surface area contributed by atoms with Crippen molar-refractivity contribution < 1.29 is 0 Å². The fraction of sp³-hybridized carbons (Fsp3) is 1.00. The zero-order chi connectivity index (χ0) is 10.7. The fourth-order valence-electron chi connectivity index (χ4n) is 3.22. The van der Waals surface area contributed by atoms with Gasteiger partial charge in [-0.2, -0.15) is 0 Å². The fourth-order valence-corrected chi connectivity index (χ4v) is 3.22. The molecule has 88 valence electrons. The molecule has 0 bridgehead atoms. The normalized spacial score (nSPS) is 30.4. The summed E-state index contributed by atoms with van der Waals surface area (Å²) in [6, 6.07) is 0.907. The molecular formula is C13H26N2. The topological polar surface area (TPSA) is 15.3 Å². The molecule has 0 aromatic rings. The van der Waals surface area contributed by atoms with Crippen molar-refractivity contribution in [2.45, 2.75) is 45.1 Å². The molecule has 0 amide bonds. The van der Waals surface area contributed by atoms with Crippen molar-refractivity contribution in [1.82, 2.24) is 10.2 Å². The summed E-state index contributed by atoms with van der Waals surface area (Å²) in [4.78, 5) is 2.78. The number of piperidine rings is 1. The van der Waals surface area contributed by atoms with Gasteiger partial charge in [-0.3, -0.25) is 4.90 Å². The van der Waals surface area contributed by atoms with Crippen LogP contribution in [-0.4, -0.2) is 37.6 Å². The smallest absolute Gasteiger partial charge is 0.0121 e. The van der Waals surface area contributed by atoms with E-state index in [1.54, 1.807) is 0 Å². The maximum absolute atomic E-state index is 3.33. The third kappa shape index (κ3) is 2.94. The van der Waals surface area contributed by atoms with Gasteiger partial charge in [-0.15, -0.1) is 0 Å². The van der Waals surface area contributed by atoms with Crippen molar-refractivity contribution in [3.8, 4) is 0 Å². The molecule has 1 aliphatic heterocycles. The summed E-state index contributed by atoms with van der Waals surface area (Å²) < 4.78 is 0. The second kappa shape index (κ2) is 5.31. The van der Waals surface area contributed by atoms with E-state index >= 15 is 0 Å². The molecule has 15 heavy (non-hydrogen) atoms. The minimum Gasteiger partial charge on any atom is -0.319 e. The van der Waals surface area contributed by atoms with E-state index in [0.29, 0.717) is 0 Å². The van der Waals surface area contributed by atoms with E-state index in [4.69, 9.17) is 0 Å². The lowest BCUT2D eigenvalue weighted by atomic mass is 9.95. The first-order valence-corrected chi connectivity index (χ1v) is 6.73. The highest BCUT2D eigenvalue weighted by atomic mass is 15.2. The molecule has 0 aromatic carbocycles. The minimum atomic E-state index is 0.900. The van der Waals surface area contributed by atoms with Crippen LogP contribution in [0, 0.1) is 11.8 Å². The molecule has 2 heteroatoms. The van der Waals surface area contributed by atoms with Crippen molar-refractivity contribution in [2.24, 2.45) is 11.8 Å². The standard InChI is InChI=1S/C13H26N2/c1-3-13(12-6-7-12)15-8-4-5-11(10-15)9-14-2/h11-14H,3-10H2,1-2H3. The summed E-state index contributed by atoms with van der Waals surface area (Å²) in [6.07, 6.45) is 7.18. The molecule has 2 fully saturated rings. The van der Waals surface area contributed by atoms with E-state index in [2.05, 4.69) is 24.2 Å². The predicted molar refractivity (Wildman–Crippen MR) is 65.0 cm³/mol. The van der Waals surface area contributed by atoms with Crippen LogP contribution in [0.4, 0.5) is 0 Å². The molecular weight excluding hydrogens is 184 g/mol. The minimum absolute atomic E-state index is 0.900. The Morgan fingerprint density at radius 1 is 1.33 bits per heavy atom. The first kappa shape index (κ1) is 11.4. The molecule has 0 spiro atoms. The van der Waals surface area contributed by atoms with Crippen LogP contribution in [0.1, 0.15) is 39.0 Å². The quantitative estimate of drug-likeness (QED) is 0.747. The van der Waals surface area contributed by atoms with E-state index in [-0.39, 0.29) is 0 Å². The summed E-state index contributed by atoms with van der Waals surface area (Å²) in [5, 5.41) is 3.33. The Morgan fingerprint density at radius 3 is 2.73 bits per heavy atom. The molecule has 1 saturated carbocycles. The molecule has 2 nitrogen and oxygen atoms in total.